The molecule has 1 fully saturated rings. The molecule has 1 aliphatic heterocycles. The molecule has 0 N–H and O–H groups in total. The lowest BCUT2D eigenvalue weighted by Gasteiger charge is -2.34. The maximum Gasteiger partial charge on any atom is 0.222 e. The van der Waals surface area contributed by atoms with Crippen molar-refractivity contribution in [2.24, 2.45) is 0 Å². The molecule has 0 bridgehead atoms. The summed E-state index contributed by atoms with van der Waals surface area (Å²) in [5, 5.41) is 5.81. The van der Waals surface area contributed by atoms with Crippen molar-refractivity contribution in [1.82, 2.24) is 4.57 Å². The van der Waals surface area contributed by atoms with Crippen molar-refractivity contribution >= 4 is 35.2 Å². The van der Waals surface area contributed by atoms with E-state index in [0.717, 1.165) is 6.67 Å². The molecule has 1 aromatic heterocycles. The first-order valence-corrected chi connectivity index (χ1v) is 14.3. The van der Waals surface area contributed by atoms with Gasteiger partial charge in [-0.2, -0.15) is 0 Å². The van der Waals surface area contributed by atoms with Crippen LogP contribution in [0.5, 0.6) is 0 Å². The summed E-state index contributed by atoms with van der Waals surface area (Å²) >= 11 is 0. The van der Waals surface area contributed by atoms with Crippen LogP contribution < -0.4 is 20.9 Å². The van der Waals surface area contributed by atoms with E-state index in [0.29, 0.717) is 6.04 Å². The normalized spacial score (nSPS) is 16.4. The van der Waals surface area contributed by atoms with Crippen LogP contribution in [0, 0.1) is 0 Å². The van der Waals surface area contributed by atoms with Crippen molar-refractivity contribution in [2.45, 2.75) is 44.8 Å². The molecule has 3 aromatic carbocycles. The molecule has 164 valence electrons. The molecule has 0 atom stereocenters. The standard InChI is InChI=1S/C30H31N2Si/c1-5-13-25(14-6-1)31-23-26-21-22-30(32(26)24-31)33(27-15-7-2-8-16-27,28-17-9-3-10-18-28)29-19-11-4-12-20-29/h2-4,7-12,15-23,25H,1,5-6,13-14,24H2/q+1. The highest BCUT2D eigenvalue weighted by Gasteiger charge is 2.45. The van der Waals surface area contributed by atoms with E-state index in [-0.39, 0.29) is 0 Å². The predicted octanol–water partition coefficient (Wildman–Crippen LogP) is 3.60. The van der Waals surface area contributed by atoms with Gasteiger partial charge in [-0.15, -0.1) is 0 Å². The maximum absolute atomic E-state index is 2.62. The molecule has 3 heteroatoms. The molecule has 2 aliphatic rings. The van der Waals surface area contributed by atoms with Gasteiger partial charge in [0.15, 0.2) is 20.3 Å². The number of rotatable bonds is 5. The number of hydrogen-bond acceptors (Lipinski definition) is 0. The Balaban J connectivity index is 1.56. The SMILES string of the molecule is C1=[N+](C2CCCCC2)Cn2c1ccc2[Si](c1ccccc1)(c1ccccc1)c1ccccc1. The fourth-order valence-electron chi connectivity index (χ4n) is 6.10. The van der Waals surface area contributed by atoms with Crippen LogP contribution in [0.3, 0.4) is 0 Å². The number of benzene rings is 3. The van der Waals surface area contributed by atoms with Crippen LogP contribution in [-0.2, 0) is 6.67 Å². The Morgan fingerprint density at radius 2 is 1.12 bits per heavy atom. The molecule has 33 heavy (non-hydrogen) atoms. The van der Waals surface area contributed by atoms with Crippen LogP contribution in [0.25, 0.3) is 0 Å². The van der Waals surface area contributed by atoms with Gasteiger partial charge in [0.05, 0.1) is 0 Å². The minimum absolute atomic E-state index is 0.688. The second-order valence-electron chi connectivity index (χ2n) is 9.50. The summed E-state index contributed by atoms with van der Waals surface area (Å²) in [7, 11) is -2.47. The van der Waals surface area contributed by atoms with Gasteiger partial charge in [-0.1, -0.05) is 97.4 Å². The Labute approximate surface area is 197 Å². The van der Waals surface area contributed by atoms with E-state index in [2.05, 4.69) is 118 Å². The molecule has 2 heterocycles. The average Bonchev–Trinajstić information content (AvgIpc) is 3.49. The smallest absolute Gasteiger partial charge is 0.222 e. The lowest BCUT2D eigenvalue weighted by atomic mass is 9.95. The predicted molar refractivity (Wildman–Crippen MR) is 140 cm³/mol. The molecule has 0 spiro atoms. The van der Waals surface area contributed by atoms with E-state index in [1.807, 2.05) is 0 Å². The van der Waals surface area contributed by atoms with Crippen molar-refractivity contribution in [2.75, 3.05) is 0 Å². The molecule has 0 amide bonds. The number of fused-ring (bicyclic) bond motifs is 1. The first-order chi connectivity index (χ1) is 16.4. The second-order valence-corrected chi connectivity index (χ2v) is 13.2. The van der Waals surface area contributed by atoms with Gasteiger partial charge in [0.1, 0.15) is 5.69 Å². The summed E-state index contributed by atoms with van der Waals surface area (Å²) in [5.74, 6) is 0. The molecule has 6 rings (SSSR count). The monoisotopic (exact) mass is 447 g/mol. The van der Waals surface area contributed by atoms with Gasteiger partial charge in [-0.05, 0) is 40.5 Å². The third-order valence-corrected chi connectivity index (χ3v) is 12.5. The van der Waals surface area contributed by atoms with Gasteiger partial charge in [0.25, 0.3) is 0 Å². The molecule has 4 aromatic rings. The highest BCUT2D eigenvalue weighted by molar-refractivity contribution is 7.19. The molecule has 0 radical (unpaired) electrons. The first-order valence-electron chi connectivity index (χ1n) is 12.3. The Hall–Kier alpha value is -3.17. The molecular weight excluding hydrogens is 416 g/mol. The lowest BCUT2D eigenvalue weighted by Crippen LogP contribution is -2.76. The van der Waals surface area contributed by atoms with E-state index in [9.17, 15) is 0 Å². The van der Waals surface area contributed by atoms with Crippen molar-refractivity contribution in [3.63, 3.8) is 0 Å². The number of nitrogens with zero attached hydrogens (tertiary/aromatic N) is 2. The average molecular weight is 448 g/mol. The third-order valence-electron chi connectivity index (χ3n) is 7.67. The Morgan fingerprint density at radius 1 is 0.606 bits per heavy atom. The largest absolute Gasteiger partial charge is 0.287 e. The molecule has 1 aliphatic carbocycles. The zero-order valence-corrected chi connectivity index (χ0v) is 20.1. The van der Waals surface area contributed by atoms with Crippen LogP contribution in [0.4, 0.5) is 0 Å². The highest BCUT2D eigenvalue weighted by atomic mass is 28.3. The van der Waals surface area contributed by atoms with E-state index in [1.54, 1.807) is 0 Å². The summed E-state index contributed by atoms with van der Waals surface area (Å²) in [5.41, 5.74) is 1.36. The van der Waals surface area contributed by atoms with Gasteiger partial charge in [0, 0.05) is 18.2 Å². The van der Waals surface area contributed by atoms with Crippen LogP contribution in [0.2, 0.25) is 0 Å². The van der Waals surface area contributed by atoms with Crippen molar-refractivity contribution in [3.8, 4) is 0 Å². The molecule has 1 saturated carbocycles. The number of hydrogen-bond donors (Lipinski definition) is 0. The lowest BCUT2D eigenvalue weighted by molar-refractivity contribution is -0.588. The summed E-state index contributed by atoms with van der Waals surface area (Å²) in [6, 6.07) is 39.2. The van der Waals surface area contributed by atoms with Gasteiger partial charge >= 0.3 is 0 Å². The van der Waals surface area contributed by atoms with Gasteiger partial charge in [0.2, 0.25) is 6.67 Å². The van der Waals surface area contributed by atoms with Crippen molar-refractivity contribution in [3.05, 3.63) is 109 Å². The third kappa shape index (κ3) is 3.43. The minimum atomic E-state index is -2.47. The molecule has 0 saturated heterocycles. The Kier molecular flexibility index (Phi) is 5.35. The van der Waals surface area contributed by atoms with E-state index >= 15 is 0 Å². The molecule has 2 nitrogen and oxygen atoms in total. The Bertz CT molecular complexity index is 1160. The second kappa shape index (κ2) is 8.64. The summed E-state index contributed by atoms with van der Waals surface area (Å²) in [6.45, 7) is 0.976. The van der Waals surface area contributed by atoms with E-state index in [1.165, 1.54) is 58.7 Å². The first kappa shape index (κ1) is 20.4. The van der Waals surface area contributed by atoms with E-state index < -0.39 is 8.07 Å². The van der Waals surface area contributed by atoms with Crippen LogP contribution in [0.1, 0.15) is 37.8 Å². The summed E-state index contributed by atoms with van der Waals surface area (Å²) in [4.78, 5) is 0. The quantitative estimate of drug-likeness (QED) is 0.251. The van der Waals surface area contributed by atoms with Crippen LogP contribution in [0.15, 0.2) is 103 Å². The van der Waals surface area contributed by atoms with Crippen LogP contribution >= 0.6 is 0 Å². The zero-order chi connectivity index (χ0) is 22.1. The van der Waals surface area contributed by atoms with Gasteiger partial charge < -0.3 is 0 Å². The summed E-state index contributed by atoms with van der Waals surface area (Å²) in [6.07, 6.45) is 9.22. The number of aromatic nitrogens is 1. The van der Waals surface area contributed by atoms with Crippen molar-refractivity contribution in [1.29, 1.82) is 0 Å². The summed E-state index contributed by atoms with van der Waals surface area (Å²) < 4.78 is 5.24. The van der Waals surface area contributed by atoms with E-state index in [4.69, 9.17) is 0 Å². The maximum atomic E-state index is 2.62. The van der Waals surface area contributed by atoms with Gasteiger partial charge in [-0.25, -0.2) is 4.58 Å². The Morgan fingerprint density at radius 3 is 1.64 bits per heavy atom. The van der Waals surface area contributed by atoms with Gasteiger partial charge in [-0.3, -0.25) is 4.57 Å². The fourth-order valence-corrected chi connectivity index (χ4v) is 11.0. The fraction of sp³-hybridized carbons (Fsp3) is 0.233. The molecule has 0 unspecified atom stereocenters. The minimum Gasteiger partial charge on any atom is -0.287 e. The topological polar surface area (TPSA) is 7.94 Å². The van der Waals surface area contributed by atoms with Crippen molar-refractivity contribution < 1.29 is 4.58 Å². The van der Waals surface area contributed by atoms with Crippen LogP contribution in [-0.4, -0.2) is 29.5 Å². The molecular formula is C30H31N2Si+. The zero-order valence-electron chi connectivity index (χ0n) is 19.1. The highest BCUT2D eigenvalue weighted by Crippen LogP contribution is 2.23.